The summed E-state index contributed by atoms with van der Waals surface area (Å²) in [6.07, 6.45) is 3.20. The Balaban J connectivity index is 1.10. The van der Waals surface area contributed by atoms with Crippen molar-refractivity contribution in [2.24, 2.45) is 0 Å². The molecule has 4 N–H and O–H groups in total. The van der Waals surface area contributed by atoms with Crippen molar-refractivity contribution in [3.05, 3.63) is 57.6 Å². The molecule has 0 aliphatic carbocycles. The van der Waals surface area contributed by atoms with Gasteiger partial charge in [-0.2, -0.15) is 14.1 Å². The third-order valence-electron chi connectivity index (χ3n) is 7.10. The molecule has 5 aromatic rings. The van der Waals surface area contributed by atoms with Gasteiger partial charge in [-0.3, -0.25) is 19.1 Å². The first kappa shape index (κ1) is 28.1. The summed E-state index contributed by atoms with van der Waals surface area (Å²) < 4.78 is 33.3. The van der Waals surface area contributed by atoms with Crippen LogP contribution >= 0.6 is 11.3 Å². The first-order valence-corrected chi connectivity index (χ1v) is 15.8. The van der Waals surface area contributed by atoms with Crippen LogP contribution in [0.25, 0.3) is 27.6 Å². The van der Waals surface area contributed by atoms with E-state index in [4.69, 9.17) is 10.2 Å². The number of hydrogen-bond acceptors (Lipinski definition) is 11. The molecule has 1 fully saturated rings. The van der Waals surface area contributed by atoms with Crippen LogP contribution in [0.15, 0.2) is 45.8 Å². The number of piperazine rings is 1. The largest absolute Gasteiger partial charge is 0.461 e. The zero-order chi connectivity index (χ0) is 29.4. The number of nitrogens with zero attached hydrogens (tertiary/aromatic N) is 7. The second-order valence-corrected chi connectivity index (χ2v) is 12.4. The zero-order valence-corrected chi connectivity index (χ0v) is 24.3. The molecule has 0 bridgehead atoms. The van der Waals surface area contributed by atoms with Crippen LogP contribution in [-0.2, 0) is 17.7 Å². The van der Waals surface area contributed by atoms with Crippen LogP contribution in [0.1, 0.15) is 10.4 Å². The van der Waals surface area contributed by atoms with Crippen molar-refractivity contribution >= 4 is 56.0 Å². The minimum atomic E-state index is -0.764. The quantitative estimate of drug-likeness (QED) is 0.209. The molecule has 4 aromatic heterocycles. The minimum Gasteiger partial charge on any atom is -0.461 e. The fourth-order valence-corrected chi connectivity index (χ4v) is 6.24. The topological polar surface area (TPSA) is 160 Å². The number of furan rings is 1. The number of benzene rings is 1. The maximum absolute atomic E-state index is 14.9. The molecule has 220 valence electrons. The summed E-state index contributed by atoms with van der Waals surface area (Å²) >= 11 is 0.286. The van der Waals surface area contributed by atoms with E-state index in [9.17, 15) is 18.5 Å². The van der Waals surface area contributed by atoms with Crippen LogP contribution in [0.4, 0.5) is 16.0 Å². The van der Waals surface area contributed by atoms with Crippen molar-refractivity contribution in [2.45, 2.75) is 6.54 Å². The summed E-state index contributed by atoms with van der Waals surface area (Å²) in [4.78, 5) is 38.3. The molecule has 1 unspecified atom stereocenters. The third-order valence-corrected chi connectivity index (χ3v) is 8.86. The molecule has 5 heterocycles. The monoisotopic (exact) mass is 614 g/mol. The minimum absolute atomic E-state index is 0.119. The Kier molecular flexibility index (Phi) is 7.85. The number of thiazole rings is 1. The van der Waals surface area contributed by atoms with Crippen LogP contribution in [0.2, 0.25) is 0 Å². The Bertz CT molecular complexity index is 1790. The lowest BCUT2D eigenvalue weighted by Crippen LogP contribution is -2.47. The van der Waals surface area contributed by atoms with Gasteiger partial charge in [0.05, 0.1) is 18.5 Å². The molecule has 1 aliphatic rings. The van der Waals surface area contributed by atoms with Gasteiger partial charge in [0, 0.05) is 44.8 Å². The van der Waals surface area contributed by atoms with Gasteiger partial charge in [0.15, 0.2) is 22.8 Å². The van der Waals surface area contributed by atoms with Crippen molar-refractivity contribution in [1.29, 1.82) is 0 Å². The molecule has 1 aromatic carbocycles. The third kappa shape index (κ3) is 5.57. The molecular weight excluding hydrogens is 585 g/mol. The number of halogens is 1. The number of anilines is 2. The van der Waals surface area contributed by atoms with Gasteiger partial charge < -0.3 is 20.4 Å². The van der Waals surface area contributed by atoms with E-state index in [0.29, 0.717) is 84.8 Å². The average Bonchev–Trinajstić information content (AvgIpc) is 3.71. The molecule has 16 heteroatoms. The van der Waals surface area contributed by atoms with E-state index in [-0.39, 0.29) is 22.3 Å². The summed E-state index contributed by atoms with van der Waals surface area (Å²) in [7, 11) is 0. The number of carbonyl (C=O) groups excluding carboxylic acids is 1. The number of fused-ring (bicyclic) bond motifs is 3. The van der Waals surface area contributed by atoms with E-state index in [1.165, 1.54) is 16.8 Å². The maximum Gasteiger partial charge on any atom is 0.309 e. The molecule has 1 saturated heterocycles. The highest BCUT2D eigenvalue weighted by atomic mass is 32.2. The first-order valence-electron chi connectivity index (χ1n) is 13.2. The number of nitrogens with two attached hydrogens (primary N) is 1. The SMILES string of the molecule is C[S+](O)CCNC(=O)c1ccc(N2CCN(CCn3c(=O)sc4c3nc(N)n3nc(-c5ccco5)nc43)CC2)c(F)c1. The molecule has 0 radical (unpaired) electrons. The number of nitrogen functional groups attached to an aromatic ring is 1. The highest BCUT2D eigenvalue weighted by Crippen LogP contribution is 2.26. The van der Waals surface area contributed by atoms with E-state index >= 15 is 0 Å². The maximum atomic E-state index is 14.9. The molecular formula is C26H29FN9O4S2+. The predicted molar refractivity (Wildman–Crippen MR) is 161 cm³/mol. The van der Waals surface area contributed by atoms with E-state index in [1.807, 2.05) is 4.90 Å². The van der Waals surface area contributed by atoms with Crippen molar-refractivity contribution < 1.29 is 18.2 Å². The molecule has 42 heavy (non-hydrogen) atoms. The number of hydrogen-bond donors (Lipinski definition) is 3. The van der Waals surface area contributed by atoms with Gasteiger partial charge in [-0.1, -0.05) is 11.3 Å². The molecule has 0 spiro atoms. The van der Waals surface area contributed by atoms with Crippen LogP contribution in [0.3, 0.4) is 0 Å². The average molecular weight is 615 g/mol. The van der Waals surface area contributed by atoms with Crippen molar-refractivity contribution in [3.8, 4) is 11.6 Å². The fraction of sp³-hybridized carbons (Fsp3) is 0.346. The first-order chi connectivity index (χ1) is 20.3. The highest BCUT2D eigenvalue weighted by molar-refractivity contribution is 7.90. The van der Waals surface area contributed by atoms with Gasteiger partial charge in [-0.15, -0.1) is 5.10 Å². The molecule has 0 saturated carbocycles. The van der Waals surface area contributed by atoms with E-state index in [0.717, 1.165) is 11.3 Å². The van der Waals surface area contributed by atoms with E-state index in [2.05, 4.69) is 25.3 Å². The molecule has 6 rings (SSSR count). The van der Waals surface area contributed by atoms with Gasteiger partial charge in [0.25, 0.3) is 5.91 Å². The van der Waals surface area contributed by atoms with Gasteiger partial charge in [-0.25, -0.2) is 9.37 Å². The fourth-order valence-electron chi connectivity index (χ4n) is 4.91. The van der Waals surface area contributed by atoms with Crippen molar-refractivity contribution in [3.63, 3.8) is 0 Å². The smallest absolute Gasteiger partial charge is 0.309 e. The standard InChI is InChI=1S/C26H28FN9O4S2/c1-42(39)14-6-29-24(37)16-4-5-18(17(27)15-16)34-10-7-33(8-11-34)9-12-35-22-20(41-26(35)38)23-30-21(19-3-2-13-40-19)32-36(23)25(28)31-22/h2-5,13,15,39H,6-12,14H2,1H3,(H2-,28,29,30,31,32,37)/p+1. The number of aromatic nitrogens is 5. The highest BCUT2D eigenvalue weighted by Gasteiger charge is 2.23. The Hall–Kier alpha value is -3.99. The second-order valence-electron chi connectivity index (χ2n) is 9.85. The Labute approximate surface area is 245 Å². The lowest BCUT2D eigenvalue weighted by molar-refractivity contribution is 0.0955. The second kappa shape index (κ2) is 11.7. The van der Waals surface area contributed by atoms with Gasteiger partial charge in [0.2, 0.25) is 11.8 Å². The van der Waals surface area contributed by atoms with E-state index < -0.39 is 17.0 Å². The van der Waals surface area contributed by atoms with Crippen molar-refractivity contribution in [2.75, 3.05) is 61.9 Å². The van der Waals surface area contributed by atoms with Gasteiger partial charge >= 0.3 is 4.87 Å². The van der Waals surface area contributed by atoms with E-state index in [1.54, 1.807) is 35.1 Å². The van der Waals surface area contributed by atoms with Crippen LogP contribution in [0.5, 0.6) is 0 Å². The number of nitrogens with one attached hydrogen (secondary N) is 1. The van der Waals surface area contributed by atoms with Crippen LogP contribution in [0, 0.1) is 5.82 Å². The number of amides is 1. The summed E-state index contributed by atoms with van der Waals surface area (Å²) in [5.74, 6) is 0.594. The Morgan fingerprint density at radius 3 is 2.71 bits per heavy atom. The van der Waals surface area contributed by atoms with Crippen LogP contribution in [-0.4, -0.2) is 90.8 Å². The summed E-state index contributed by atoms with van der Waals surface area (Å²) in [5, 5.41) is 7.08. The normalized spacial score (nSPS) is 15.1. The van der Waals surface area contributed by atoms with Crippen molar-refractivity contribution in [1.82, 2.24) is 34.4 Å². The lowest BCUT2D eigenvalue weighted by atomic mass is 10.1. The Morgan fingerprint density at radius 2 is 2.00 bits per heavy atom. The summed E-state index contributed by atoms with van der Waals surface area (Å²) in [5.41, 5.74) is 7.78. The lowest BCUT2D eigenvalue weighted by Gasteiger charge is -2.36. The molecule has 1 amide bonds. The number of carbonyl (C=O) groups is 1. The molecule has 13 nitrogen and oxygen atoms in total. The summed E-state index contributed by atoms with van der Waals surface area (Å²) in [6.45, 7) is 3.88. The molecule has 1 atom stereocenters. The van der Waals surface area contributed by atoms with Gasteiger partial charge in [0.1, 0.15) is 27.9 Å². The number of rotatable bonds is 9. The Morgan fingerprint density at radius 1 is 1.19 bits per heavy atom. The van der Waals surface area contributed by atoms with Gasteiger partial charge in [-0.05, 0) is 30.3 Å². The summed E-state index contributed by atoms with van der Waals surface area (Å²) in [6, 6.07) is 7.98. The molecule has 1 aliphatic heterocycles. The zero-order valence-electron chi connectivity index (χ0n) is 22.7. The van der Waals surface area contributed by atoms with Crippen LogP contribution < -0.4 is 20.8 Å². The predicted octanol–water partition coefficient (Wildman–Crippen LogP) is 1.76.